The standard InChI is InChI=1S/C16H25Cl2NO/c1-3-5-6-12(4-2)10-19-11-16(20)14-9-13(17)7-8-15(14)18/h7-9,12,16,19-20H,3-6,10-11H2,1-2H3. The third-order valence-corrected chi connectivity index (χ3v) is 4.21. The first kappa shape index (κ1) is 17.8. The summed E-state index contributed by atoms with van der Waals surface area (Å²) in [5, 5.41) is 14.7. The van der Waals surface area contributed by atoms with Gasteiger partial charge in [-0.25, -0.2) is 0 Å². The molecule has 0 bridgehead atoms. The highest BCUT2D eigenvalue weighted by molar-refractivity contribution is 6.33. The van der Waals surface area contributed by atoms with Crippen molar-refractivity contribution in [2.75, 3.05) is 13.1 Å². The van der Waals surface area contributed by atoms with Crippen LogP contribution in [-0.4, -0.2) is 18.2 Å². The average molecular weight is 318 g/mol. The second kappa shape index (κ2) is 9.62. The summed E-state index contributed by atoms with van der Waals surface area (Å²) >= 11 is 12.0. The molecule has 0 radical (unpaired) electrons. The number of rotatable bonds is 9. The van der Waals surface area contributed by atoms with Crippen LogP contribution in [0.2, 0.25) is 10.0 Å². The first-order valence-corrected chi connectivity index (χ1v) is 8.17. The number of nitrogens with one attached hydrogen (secondary N) is 1. The molecule has 0 aliphatic carbocycles. The summed E-state index contributed by atoms with van der Waals surface area (Å²) in [5.74, 6) is 0.678. The molecular weight excluding hydrogens is 293 g/mol. The Hall–Kier alpha value is -0.280. The molecule has 2 unspecified atom stereocenters. The summed E-state index contributed by atoms with van der Waals surface area (Å²) in [7, 11) is 0. The Morgan fingerprint density at radius 3 is 2.60 bits per heavy atom. The van der Waals surface area contributed by atoms with Crippen molar-refractivity contribution in [3.8, 4) is 0 Å². The van der Waals surface area contributed by atoms with Gasteiger partial charge in [-0.2, -0.15) is 0 Å². The molecule has 1 rings (SSSR count). The van der Waals surface area contributed by atoms with Gasteiger partial charge in [0.1, 0.15) is 0 Å². The Bertz CT molecular complexity index is 398. The first-order valence-electron chi connectivity index (χ1n) is 7.42. The van der Waals surface area contributed by atoms with E-state index in [1.54, 1.807) is 18.2 Å². The zero-order chi connectivity index (χ0) is 15.0. The molecule has 1 aromatic rings. The van der Waals surface area contributed by atoms with E-state index in [-0.39, 0.29) is 0 Å². The molecule has 2 N–H and O–H groups in total. The van der Waals surface area contributed by atoms with E-state index in [4.69, 9.17) is 23.2 Å². The number of aliphatic hydroxyl groups is 1. The van der Waals surface area contributed by atoms with Gasteiger partial charge in [0.25, 0.3) is 0 Å². The van der Waals surface area contributed by atoms with Gasteiger partial charge in [0.15, 0.2) is 0 Å². The normalized spacial score (nSPS) is 14.2. The van der Waals surface area contributed by atoms with E-state index in [1.165, 1.54) is 25.7 Å². The molecular formula is C16H25Cl2NO. The van der Waals surface area contributed by atoms with Gasteiger partial charge in [0.2, 0.25) is 0 Å². The van der Waals surface area contributed by atoms with Crippen molar-refractivity contribution in [3.63, 3.8) is 0 Å². The molecule has 0 spiro atoms. The first-order chi connectivity index (χ1) is 9.58. The molecule has 1 aromatic carbocycles. The largest absolute Gasteiger partial charge is 0.387 e. The highest BCUT2D eigenvalue weighted by Crippen LogP contribution is 2.26. The number of hydrogen-bond acceptors (Lipinski definition) is 2. The predicted octanol–water partition coefficient (Wildman–Crippen LogP) is 4.83. The zero-order valence-electron chi connectivity index (χ0n) is 12.3. The highest BCUT2D eigenvalue weighted by Gasteiger charge is 2.13. The summed E-state index contributed by atoms with van der Waals surface area (Å²) in [6, 6.07) is 5.18. The number of unbranched alkanes of at least 4 members (excludes halogenated alkanes) is 1. The quantitative estimate of drug-likeness (QED) is 0.683. The molecule has 20 heavy (non-hydrogen) atoms. The molecule has 4 heteroatoms. The van der Waals surface area contributed by atoms with Crippen molar-refractivity contribution < 1.29 is 5.11 Å². The molecule has 0 fully saturated rings. The van der Waals surface area contributed by atoms with Crippen LogP contribution in [0.1, 0.15) is 51.2 Å². The number of benzene rings is 1. The topological polar surface area (TPSA) is 32.3 Å². The Kier molecular flexibility index (Phi) is 8.55. The van der Waals surface area contributed by atoms with Gasteiger partial charge in [-0.05, 0) is 37.1 Å². The van der Waals surface area contributed by atoms with Crippen molar-refractivity contribution in [1.82, 2.24) is 5.32 Å². The molecule has 0 aliphatic rings. The van der Waals surface area contributed by atoms with Gasteiger partial charge < -0.3 is 10.4 Å². The Labute approximate surface area is 132 Å². The van der Waals surface area contributed by atoms with Gasteiger partial charge in [-0.15, -0.1) is 0 Å². The third-order valence-electron chi connectivity index (χ3n) is 3.63. The minimum absolute atomic E-state index is 0.503. The van der Waals surface area contributed by atoms with Crippen LogP contribution in [0.5, 0.6) is 0 Å². The number of hydrogen-bond donors (Lipinski definition) is 2. The van der Waals surface area contributed by atoms with Crippen LogP contribution in [0.15, 0.2) is 18.2 Å². The van der Waals surface area contributed by atoms with E-state index in [0.717, 1.165) is 6.54 Å². The van der Waals surface area contributed by atoms with Crippen molar-refractivity contribution in [2.45, 2.75) is 45.6 Å². The highest BCUT2D eigenvalue weighted by atomic mass is 35.5. The van der Waals surface area contributed by atoms with Crippen LogP contribution in [0, 0.1) is 5.92 Å². The number of halogens is 2. The Morgan fingerprint density at radius 1 is 1.20 bits per heavy atom. The molecule has 0 amide bonds. The summed E-state index contributed by atoms with van der Waals surface area (Å²) < 4.78 is 0. The number of aliphatic hydroxyl groups excluding tert-OH is 1. The lowest BCUT2D eigenvalue weighted by Gasteiger charge is -2.18. The van der Waals surface area contributed by atoms with Crippen molar-refractivity contribution >= 4 is 23.2 Å². The smallest absolute Gasteiger partial charge is 0.0929 e. The summed E-state index contributed by atoms with van der Waals surface area (Å²) in [5.41, 5.74) is 0.688. The van der Waals surface area contributed by atoms with Crippen LogP contribution in [0.3, 0.4) is 0 Å². The molecule has 0 aliphatic heterocycles. The lowest BCUT2D eigenvalue weighted by atomic mass is 9.99. The summed E-state index contributed by atoms with van der Waals surface area (Å²) in [6.07, 6.45) is 4.29. The summed E-state index contributed by atoms with van der Waals surface area (Å²) in [6.45, 7) is 5.87. The minimum atomic E-state index is -0.620. The fourth-order valence-corrected chi connectivity index (χ4v) is 2.67. The maximum Gasteiger partial charge on any atom is 0.0929 e. The fourth-order valence-electron chi connectivity index (χ4n) is 2.25. The maximum absolute atomic E-state index is 10.2. The Balaban J connectivity index is 2.42. The second-order valence-electron chi connectivity index (χ2n) is 5.26. The van der Waals surface area contributed by atoms with Crippen LogP contribution in [0.4, 0.5) is 0 Å². The molecule has 0 saturated heterocycles. The van der Waals surface area contributed by atoms with E-state index in [1.807, 2.05) is 0 Å². The molecule has 0 saturated carbocycles. The van der Waals surface area contributed by atoms with Gasteiger partial charge in [0.05, 0.1) is 6.10 Å². The molecule has 2 nitrogen and oxygen atoms in total. The van der Waals surface area contributed by atoms with E-state index >= 15 is 0 Å². The zero-order valence-corrected chi connectivity index (χ0v) is 13.8. The van der Waals surface area contributed by atoms with Crippen LogP contribution < -0.4 is 5.32 Å². The van der Waals surface area contributed by atoms with Gasteiger partial charge in [0, 0.05) is 22.2 Å². The Morgan fingerprint density at radius 2 is 1.95 bits per heavy atom. The van der Waals surface area contributed by atoms with Crippen molar-refractivity contribution in [3.05, 3.63) is 33.8 Å². The lowest BCUT2D eigenvalue weighted by molar-refractivity contribution is 0.172. The van der Waals surface area contributed by atoms with Crippen LogP contribution in [0.25, 0.3) is 0 Å². The van der Waals surface area contributed by atoms with E-state index in [2.05, 4.69) is 19.2 Å². The van der Waals surface area contributed by atoms with Gasteiger partial charge in [-0.1, -0.05) is 56.3 Å². The predicted molar refractivity (Wildman–Crippen MR) is 87.6 cm³/mol. The van der Waals surface area contributed by atoms with Crippen LogP contribution >= 0.6 is 23.2 Å². The van der Waals surface area contributed by atoms with E-state index in [0.29, 0.717) is 28.1 Å². The minimum Gasteiger partial charge on any atom is -0.387 e. The molecule has 0 aromatic heterocycles. The molecule has 2 atom stereocenters. The fraction of sp³-hybridized carbons (Fsp3) is 0.625. The summed E-state index contributed by atoms with van der Waals surface area (Å²) in [4.78, 5) is 0. The second-order valence-corrected chi connectivity index (χ2v) is 6.10. The van der Waals surface area contributed by atoms with E-state index in [9.17, 15) is 5.11 Å². The molecule has 114 valence electrons. The maximum atomic E-state index is 10.2. The SMILES string of the molecule is CCCCC(CC)CNCC(O)c1cc(Cl)ccc1Cl. The van der Waals surface area contributed by atoms with E-state index < -0.39 is 6.10 Å². The van der Waals surface area contributed by atoms with Crippen molar-refractivity contribution in [2.24, 2.45) is 5.92 Å². The van der Waals surface area contributed by atoms with Gasteiger partial charge in [-0.3, -0.25) is 0 Å². The third kappa shape index (κ3) is 6.01. The monoisotopic (exact) mass is 317 g/mol. The van der Waals surface area contributed by atoms with Gasteiger partial charge >= 0.3 is 0 Å². The average Bonchev–Trinajstić information content (AvgIpc) is 2.45. The van der Waals surface area contributed by atoms with Crippen molar-refractivity contribution in [1.29, 1.82) is 0 Å². The lowest BCUT2D eigenvalue weighted by Crippen LogP contribution is -2.27. The molecule has 0 heterocycles. The van der Waals surface area contributed by atoms with Crippen LogP contribution in [-0.2, 0) is 0 Å².